The number of rotatable bonds is 19. The molecule has 0 aliphatic heterocycles. The summed E-state index contributed by atoms with van der Waals surface area (Å²) in [4.78, 5) is 61.3. The van der Waals surface area contributed by atoms with Crippen molar-refractivity contribution in [1.29, 1.82) is 0 Å². The smallest absolute Gasteiger partial charge is 0.243 e. The van der Waals surface area contributed by atoms with E-state index in [0.717, 1.165) is 22.7 Å². The number of halogens is 1. The zero-order valence-electron chi connectivity index (χ0n) is 29.0. The summed E-state index contributed by atoms with van der Waals surface area (Å²) in [6, 6.07) is 17.9. The van der Waals surface area contributed by atoms with Gasteiger partial charge in [-0.05, 0) is 54.2 Å². The summed E-state index contributed by atoms with van der Waals surface area (Å²) in [6.45, 7) is 0.143. The van der Waals surface area contributed by atoms with Gasteiger partial charge in [-0.25, -0.2) is 13.1 Å². The Morgan fingerprint density at radius 2 is 1.30 bits per heavy atom. The molecule has 0 saturated heterocycles. The van der Waals surface area contributed by atoms with Crippen LogP contribution in [-0.2, 0) is 48.5 Å². The summed E-state index contributed by atoms with van der Waals surface area (Å²) in [5, 5.41) is 9.40. The highest BCUT2D eigenvalue weighted by Gasteiger charge is 2.32. The number of sulfonamides is 1. The molecule has 0 unspecified atom stereocenters. The van der Waals surface area contributed by atoms with Crippen LogP contribution in [0.15, 0.2) is 90.1 Å². The number of amides is 4. The molecule has 1 aromatic heterocycles. The average molecular weight is 766 g/mol. The molecule has 3 aromatic carbocycles. The third-order valence-corrected chi connectivity index (χ3v) is 9.24. The fraction of sp³-hybridized carbons (Fsp3) is 0.306. The summed E-state index contributed by atoms with van der Waals surface area (Å²) < 4.78 is 26.9. The van der Waals surface area contributed by atoms with E-state index in [0.29, 0.717) is 16.1 Å². The first-order valence-electron chi connectivity index (χ1n) is 16.7. The predicted molar refractivity (Wildman–Crippen MR) is 204 cm³/mol. The van der Waals surface area contributed by atoms with Crippen molar-refractivity contribution in [3.8, 4) is 0 Å². The zero-order chi connectivity index (χ0) is 38.5. The molecule has 53 heavy (non-hydrogen) atoms. The van der Waals surface area contributed by atoms with Crippen LogP contribution in [0.5, 0.6) is 0 Å². The highest BCUT2D eigenvalue weighted by atomic mass is 35.5. The van der Waals surface area contributed by atoms with Crippen LogP contribution in [0.2, 0.25) is 5.02 Å². The van der Waals surface area contributed by atoms with Crippen LogP contribution in [0.25, 0.3) is 10.9 Å². The van der Waals surface area contributed by atoms with Gasteiger partial charge in [-0.1, -0.05) is 72.3 Å². The monoisotopic (exact) mass is 765 g/mol. The van der Waals surface area contributed by atoms with Crippen molar-refractivity contribution in [2.24, 2.45) is 22.2 Å². The number of carbonyl (C=O) groups is 4. The van der Waals surface area contributed by atoms with Gasteiger partial charge in [-0.2, -0.15) is 0 Å². The average Bonchev–Trinajstić information content (AvgIpc) is 3.51. The van der Waals surface area contributed by atoms with Crippen molar-refractivity contribution in [2.45, 2.75) is 56.3 Å². The molecule has 15 nitrogen and oxygen atoms in total. The molecule has 4 amide bonds. The molecule has 0 aliphatic carbocycles. The van der Waals surface area contributed by atoms with E-state index in [2.05, 4.69) is 30.6 Å². The third kappa shape index (κ3) is 12.9. The molecule has 0 radical (unpaired) electrons. The lowest BCUT2D eigenvalue weighted by molar-refractivity contribution is -0.133. The van der Waals surface area contributed by atoms with Gasteiger partial charge in [0.15, 0.2) is 5.96 Å². The van der Waals surface area contributed by atoms with E-state index < -0.39 is 57.8 Å². The molecule has 0 bridgehead atoms. The minimum atomic E-state index is -3.87. The van der Waals surface area contributed by atoms with Gasteiger partial charge in [0.05, 0.1) is 6.26 Å². The van der Waals surface area contributed by atoms with Crippen LogP contribution >= 0.6 is 11.6 Å². The van der Waals surface area contributed by atoms with Crippen LogP contribution in [0.1, 0.15) is 29.5 Å². The number of fused-ring (bicyclic) bond motifs is 1. The number of aromatic amines is 1. The quantitative estimate of drug-likeness (QED) is 0.0383. The van der Waals surface area contributed by atoms with E-state index in [1.807, 2.05) is 24.3 Å². The van der Waals surface area contributed by atoms with Crippen molar-refractivity contribution in [2.75, 3.05) is 12.8 Å². The number of aromatic nitrogens is 1. The Morgan fingerprint density at radius 3 is 1.96 bits per heavy atom. The second-order valence-corrected chi connectivity index (χ2v) is 14.8. The van der Waals surface area contributed by atoms with E-state index in [9.17, 15) is 27.6 Å². The maximum Gasteiger partial charge on any atom is 0.243 e. The van der Waals surface area contributed by atoms with E-state index in [1.54, 1.807) is 60.8 Å². The number of guanidine groups is 1. The van der Waals surface area contributed by atoms with E-state index in [4.69, 9.17) is 28.8 Å². The van der Waals surface area contributed by atoms with Crippen molar-refractivity contribution in [3.63, 3.8) is 0 Å². The van der Waals surface area contributed by atoms with Gasteiger partial charge in [-0.3, -0.25) is 24.2 Å². The molecule has 0 saturated carbocycles. The van der Waals surface area contributed by atoms with Gasteiger partial charge in [-0.15, -0.1) is 0 Å². The molecule has 0 aliphatic rings. The first kappa shape index (κ1) is 40.3. The van der Waals surface area contributed by atoms with Gasteiger partial charge in [0.25, 0.3) is 0 Å². The minimum Gasteiger partial charge on any atom is -0.370 e. The fourth-order valence-electron chi connectivity index (χ4n) is 5.69. The molecule has 4 aromatic rings. The number of hydrogen-bond donors (Lipinski definition) is 8. The van der Waals surface area contributed by atoms with Crippen molar-refractivity contribution < 1.29 is 27.6 Å². The minimum absolute atomic E-state index is 0.00221. The van der Waals surface area contributed by atoms with E-state index in [1.165, 1.54) is 0 Å². The fourth-order valence-corrected chi connectivity index (χ4v) is 6.53. The molecule has 1 heterocycles. The van der Waals surface area contributed by atoms with Crippen molar-refractivity contribution >= 4 is 62.1 Å². The van der Waals surface area contributed by atoms with Gasteiger partial charge >= 0.3 is 0 Å². The largest absolute Gasteiger partial charge is 0.370 e. The Labute approximate surface area is 312 Å². The number of nitrogens with zero attached hydrogens (tertiary/aromatic N) is 1. The van der Waals surface area contributed by atoms with Crippen LogP contribution in [-0.4, -0.2) is 80.0 Å². The van der Waals surface area contributed by atoms with Crippen LogP contribution in [0.4, 0.5) is 0 Å². The number of carbonyl (C=O) groups excluding carboxylic acids is 4. The lowest BCUT2D eigenvalue weighted by Gasteiger charge is -2.26. The lowest BCUT2D eigenvalue weighted by Crippen LogP contribution is -2.59. The van der Waals surface area contributed by atoms with Gasteiger partial charge in [0.1, 0.15) is 24.2 Å². The Kier molecular flexibility index (Phi) is 14.4. The second kappa shape index (κ2) is 18.9. The lowest BCUT2D eigenvalue weighted by atomic mass is 10.0. The van der Waals surface area contributed by atoms with Gasteiger partial charge in [0, 0.05) is 41.5 Å². The molecular formula is C36H44ClN9O6S. The summed E-state index contributed by atoms with van der Waals surface area (Å²) >= 11 is 6.01. The summed E-state index contributed by atoms with van der Waals surface area (Å²) in [5.74, 6) is -3.14. The van der Waals surface area contributed by atoms with Crippen molar-refractivity contribution in [1.82, 2.24) is 25.7 Å². The highest BCUT2D eigenvalue weighted by molar-refractivity contribution is 7.88. The number of benzene rings is 3. The summed E-state index contributed by atoms with van der Waals surface area (Å²) in [5.41, 5.74) is 19.5. The maximum atomic E-state index is 14.0. The van der Waals surface area contributed by atoms with E-state index in [-0.39, 0.29) is 44.6 Å². The molecule has 17 heteroatoms. The Morgan fingerprint density at radius 1 is 0.736 bits per heavy atom. The topological polar surface area (TPSA) is 257 Å². The molecule has 11 N–H and O–H groups in total. The third-order valence-electron chi connectivity index (χ3n) is 8.28. The maximum absolute atomic E-state index is 14.0. The standard InChI is InChI=1S/C36H44ClN9O6S/c1-53(51,52)46-31(19-23-13-15-25(37)16-14-23)35(50)45-30(18-22-8-3-2-4-9-22)34(49)43-28(12-7-17-41-36(39)40)33(48)44-29(32(38)47)20-24-21-42-27-11-6-5-10-26(24)27/h2-6,8-11,13-16,21,28-31,42,46H,7,12,17-20H2,1H3,(H2,38,47)(H,43,49)(H,44,48)(H,45,50)(H4,39,40,41)/t28-,29-,30-,31-/m0/s1. The highest BCUT2D eigenvalue weighted by Crippen LogP contribution is 2.19. The van der Waals surface area contributed by atoms with Crippen LogP contribution in [0, 0.1) is 0 Å². The molecule has 4 rings (SSSR count). The van der Waals surface area contributed by atoms with Gasteiger partial charge in [0.2, 0.25) is 33.7 Å². The number of H-pyrrole nitrogens is 1. The number of primary amides is 1. The zero-order valence-corrected chi connectivity index (χ0v) is 30.6. The van der Waals surface area contributed by atoms with Crippen LogP contribution < -0.4 is 37.9 Å². The van der Waals surface area contributed by atoms with Gasteiger partial charge < -0.3 is 38.1 Å². The molecule has 0 spiro atoms. The van der Waals surface area contributed by atoms with E-state index >= 15 is 0 Å². The first-order chi connectivity index (χ1) is 25.2. The Bertz CT molecular complexity index is 2020. The second-order valence-electron chi connectivity index (χ2n) is 12.6. The van der Waals surface area contributed by atoms with Crippen LogP contribution in [0.3, 0.4) is 0 Å². The first-order valence-corrected chi connectivity index (χ1v) is 19.0. The SMILES string of the molecule is CS(=O)(=O)N[C@@H](Cc1ccc(Cl)cc1)C(=O)N[C@@H](Cc1ccccc1)C(=O)N[C@@H](CCCN=C(N)N)C(=O)N[C@@H](Cc1c[nH]c2ccccc12)C(N)=O. The number of aliphatic imine (C=N–C) groups is 1. The number of nitrogens with one attached hydrogen (secondary N) is 5. The normalized spacial score (nSPS) is 13.6. The molecule has 282 valence electrons. The Balaban J connectivity index is 1.58. The predicted octanol–water partition coefficient (Wildman–Crippen LogP) is 0.760. The molecule has 0 fully saturated rings. The number of hydrogen-bond acceptors (Lipinski definition) is 7. The number of nitrogens with two attached hydrogens (primary N) is 3. The summed E-state index contributed by atoms with van der Waals surface area (Å²) in [6.07, 6.45) is 3.00. The summed E-state index contributed by atoms with van der Waals surface area (Å²) in [7, 11) is -3.87. The number of para-hydroxylation sites is 1. The van der Waals surface area contributed by atoms with Crippen molar-refractivity contribution in [3.05, 3.63) is 107 Å². The molecular weight excluding hydrogens is 722 g/mol. The molecule has 4 atom stereocenters. The Hall–Kier alpha value is -5.45.